The lowest BCUT2D eigenvalue weighted by Gasteiger charge is -2.10. The van der Waals surface area contributed by atoms with Gasteiger partial charge in [-0.15, -0.1) is 0 Å². The first-order chi connectivity index (χ1) is 13.2. The van der Waals surface area contributed by atoms with Crippen LogP contribution in [0.15, 0.2) is 46.1 Å². The number of hydrogen-bond donors (Lipinski definition) is 0. The van der Waals surface area contributed by atoms with Crippen LogP contribution in [-0.4, -0.2) is 23.1 Å². The minimum atomic E-state index is -0.392. The van der Waals surface area contributed by atoms with E-state index in [-0.39, 0.29) is 12.1 Å². The number of imidazole rings is 2. The maximum Gasteiger partial charge on any atom is 0.332 e. The Hall–Kier alpha value is -3.35. The van der Waals surface area contributed by atoms with Gasteiger partial charge >= 0.3 is 5.69 Å². The quantitative estimate of drug-likeness (QED) is 0.516. The molecule has 4 aromatic rings. The van der Waals surface area contributed by atoms with Crippen LogP contribution >= 0.6 is 0 Å². The number of allylic oxidation sites excluding steroid dienone is 1. The third-order valence-corrected chi connectivity index (χ3v) is 5.06. The second kappa shape index (κ2) is 6.09. The fraction of sp³-hybridized carbons (Fsp3) is 0.286. The van der Waals surface area contributed by atoms with Gasteiger partial charge in [0, 0.05) is 18.9 Å². The Morgan fingerprint density at radius 3 is 2.57 bits per heavy atom. The van der Waals surface area contributed by atoms with E-state index in [1.54, 1.807) is 18.4 Å². The van der Waals surface area contributed by atoms with Crippen molar-refractivity contribution in [1.29, 1.82) is 0 Å². The average molecular weight is 377 g/mol. The molecular weight excluding hydrogens is 354 g/mol. The Bertz CT molecular complexity index is 1390. The fourth-order valence-electron chi connectivity index (χ4n) is 3.68. The molecule has 3 heterocycles. The van der Waals surface area contributed by atoms with Gasteiger partial charge in [0.25, 0.3) is 5.56 Å². The third-order valence-electron chi connectivity index (χ3n) is 5.06. The molecule has 0 fully saturated rings. The number of hydrogen-bond acceptors (Lipinski definition) is 3. The predicted octanol–water partition coefficient (Wildman–Crippen LogP) is 2.64. The minimum absolute atomic E-state index is 0.186. The van der Waals surface area contributed by atoms with Crippen LogP contribution in [0.25, 0.3) is 22.6 Å². The van der Waals surface area contributed by atoms with Crippen LogP contribution in [0.3, 0.4) is 0 Å². The lowest BCUT2D eigenvalue weighted by molar-refractivity contribution is 0.651. The van der Waals surface area contributed by atoms with E-state index in [1.807, 2.05) is 31.5 Å². The zero-order valence-electron chi connectivity index (χ0n) is 16.8. The molecule has 0 N–H and O–H groups in total. The van der Waals surface area contributed by atoms with Crippen molar-refractivity contribution in [2.24, 2.45) is 7.05 Å². The van der Waals surface area contributed by atoms with Crippen molar-refractivity contribution in [3.8, 4) is 5.69 Å². The molecule has 28 heavy (non-hydrogen) atoms. The van der Waals surface area contributed by atoms with Gasteiger partial charge in [-0.25, -0.2) is 4.79 Å². The summed E-state index contributed by atoms with van der Waals surface area (Å²) in [6, 6.07) is 6.23. The molecule has 7 nitrogen and oxygen atoms in total. The average Bonchev–Trinajstić information content (AvgIpc) is 3.13. The summed E-state index contributed by atoms with van der Waals surface area (Å²) in [5.74, 6) is 0.612. The summed E-state index contributed by atoms with van der Waals surface area (Å²) in [7, 11) is 1.64. The smallest absolute Gasteiger partial charge is 0.283 e. The highest BCUT2D eigenvalue weighted by atomic mass is 16.2. The Balaban J connectivity index is 2.16. The molecule has 0 aliphatic carbocycles. The van der Waals surface area contributed by atoms with E-state index in [2.05, 4.69) is 29.8 Å². The summed E-state index contributed by atoms with van der Waals surface area (Å²) in [5.41, 5.74) is 4.97. The first-order valence-corrected chi connectivity index (χ1v) is 9.12. The summed E-state index contributed by atoms with van der Waals surface area (Å²) in [4.78, 5) is 30.5. The maximum absolute atomic E-state index is 13.1. The molecule has 0 saturated heterocycles. The van der Waals surface area contributed by atoms with Crippen LogP contribution in [0, 0.1) is 20.8 Å². The van der Waals surface area contributed by atoms with Crippen LogP contribution in [0.1, 0.15) is 23.7 Å². The number of aromatic nitrogens is 5. The molecule has 0 atom stereocenters. The number of fused-ring (bicyclic) bond motifs is 3. The van der Waals surface area contributed by atoms with Crippen molar-refractivity contribution in [3.05, 3.63) is 74.2 Å². The fourth-order valence-corrected chi connectivity index (χ4v) is 3.68. The van der Waals surface area contributed by atoms with E-state index in [0.29, 0.717) is 16.9 Å². The molecule has 0 saturated carbocycles. The molecule has 1 aromatic carbocycles. The molecule has 0 amide bonds. The standard InChI is InChI=1S/C21H23N5O2/c1-12(2)10-25-19(27)17-18(23(6)21(25)28)22-20-24(17)11-15(5)26(20)16-9-13(3)7-8-14(16)4/h7-9,11H,1,10H2,2-6H3. The second-order valence-electron chi connectivity index (χ2n) is 7.54. The van der Waals surface area contributed by atoms with Crippen molar-refractivity contribution < 1.29 is 0 Å². The summed E-state index contributed by atoms with van der Waals surface area (Å²) in [5, 5.41) is 0. The first-order valence-electron chi connectivity index (χ1n) is 9.12. The lowest BCUT2D eigenvalue weighted by Crippen LogP contribution is -2.39. The summed E-state index contributed by atoms with van der Waals surface area (Å²) in [6.45, 7) is 11.9. The first kappa shape index (κ1) is 18.0. The van der Waals surface area contributed by atoms with Crippen LogP contribution in [0.2, 0.25) is 0 Å². The van der Waals surface area contributed by atoms with E-state index < -0.39 is 5.69 Å². The van der Waals surface area contributed by atoms with E-state index in [9.17, 15) is 9.59 Å². The normalized spacial score (nSPS) is 11.6. The lowest BCUT2D eigenvalue weighted by atomic mass is 10.1. The van der Waals surface area contributed by atoms with Crippen LogP contribution in [-0.2, 0) is 13.6 Å². The Morgan fingerprint density at radius 2 is 1.89 bits per heavy atom. The molecule has 0 aliphatic heterocycles. The highest BCUT2D eigenvalue weighted by Crippen LogP contribution is 2.24. The van der Waals surface area contributed by atoms with E-state index in [1.165, 1.54) is 9.13 Å². The van der Waals surface area contributed by atoms with Gasteiger partial charge in [0.1, 0.15) is 0 Å². The van der Waals surface area contributed by atoms with Gasteiger partial charge in [-0.05, 0) is 44.9 Å². The van der Waals surface area contributed by atoms with E-state index >= 15 is 0 Å². The molecule has 0 spiro atoms. The minimum Gasteiger partial charge on any atom is -0.283 e. The third kappa shape index (κ3) is 2.46. The second-order valence-corrected chi connectivity index (χ2v) is 7.54. The maximum atomic E-state index is 13.1. The summed E-state index contributed by atoms with van der Waals surface area (Å²) >= 11 is 0. The number of aryl methyl sites for hydroxylation is 4. The van der Waals surface area contributed by atoms with E-state index in [0.717, 1.165) is 28.1 Å². The number of benzene rings is 1. The molecule has 7 heteroatoms. The summed E-state index contributed by atoms with van der Waals surface area (Å²) in [6.07, 6.45) is 1.89. The zero-order chi connectivity index (χ0) is 20.3. The van der Waals surface area contributed by atoms with Crippen molar-refractivity contribution in [2.75, 3.05) is 0 Å². The molecular formula is C21H23N5O2. The number of nitrogens with zero attached hydrogens (tertiary/aromatic N) is 5. The van der Waals surface area contributed by atoms with Crippen LogP contribution in [0.4, 0.5) is 0 Å². The molecule has 4 rings (SSSR count). The Labute approximate surface area is 161 Å². The Morgan fingerprint density at radius 1 is 1.18 bits per heavy atom. The molecule has 144 valence electrons. The van der Waals surface area contributed by atoms with Crippen molar-refractivity contribution in [2.45, 2.75) is 34.2 Å². The van der Waals surface area contributed by atoms with Crippen molar-refractivity contribution in [3.63, 3.8) is 0 Å². The van der Waals surface area contributed by atoms with Gasteiger partial charge in [0.2, 0.25) is 5.78 Å². The molecule has 3 aromatic heterocycles. The molecule has 0 radical (unpaired) electrons. The predicted molar refractivity (Wildman–Crippen MR) is 111 cm³/mol. The monoisotopic (exact) mass is 377 g/mol. The van der Waals surface area contributed by atoms with Crippen molar-refractivity contribution >= 4 is 16.9 Å². The van der Waals surface area contributed by atoms with Crippen molar-refractivity contribution in [1.82, 2.24) is 23.1 Å². The highest BCUT2D eigenvalue weighted by Gasteiger charge is 2.21. The summed E-state index contributed by atoms with van der Waals surface area (Å²) < 4.78 is 6.44. The van der Waals surface area contributed by atoms with E-state index in [4.69, 9.17) is 0 Å². The van der Waals surface area contributed by atoms with Gasteiger partial charge in [-0.2, -0.15) is 4.98 Å². The topological polar surface area (TPSA) is 66.2 Å². The number of rotatable bonds is 3. The zero-order valence-corrected chi connectivity index (χ0v) is 16.8. The van der Waals surface area contributed by atoms with Gasteiger partial charge in [-0.1, -0.05) is 24.3 Å². The van der Waals surface area contributed by atoms with Gasteiger partial charge in [0.15, 0.2) is 11.2 Å². The molecule has 0 bridgehead atoms. The van der Waals surface area contributed by atoms with Crippen LogP contribution in [0.5, 0.6) is 0 Å². The highest BCUT2D eigenvalue weighted by molar-refractivity contribution is 5.76. The Kier molecular flexibility index (Phi) is 3.92. The van der Waals surface area contributed by atoms with Crippen LogP contribution < -0.4 is 11.2 Å². The SMILES string of the molecule is C=C(C)Cn1c(=O)c2c(nc3n(-c4cc(C)ccc4C)c(C)cn23)n(C)c1=O. The van der Waals surface area contributed by atoms with Gasteiger partial charge < -0.3 is 0 Å². The molecule has 0 aliphatic rings. The van der Waals surface area contributed by atoms with Gasteiger partial charge in [-0.3, -0.25) is 22.9 Å². The van der Waals surface area contributed by atoms with Gasteiger partial charge in [0.05, 0.1) is 12.2 Å². The molecule has 0 unspecified atom stereocenters. The largest absolute Gasteiger partial charge is 0.332 e.